The molecule has 0 N–H and O–H groups in total. The maximum absolute atomic E-state index is 14.0. The lowest BCUT2D eigenvalue weighted by Crippen LogP contribution is -2.32. The van der Waals surface area contributed by atoms with Crippen LogP contribution in [0, 0.1) is 13.8 Å². The third-order valence-corrected chi connectivity index (χ3v) is 10.7. The molecule has 1 atom stereocenters. The zero-order valence-corrected chi connectivity index (χ0v) is 22.6. The lowest BCUT2D eigenvalue weighted by molar-refractivity contribution is 0.582. The zero-order valence-electron chi connectivity index (χ0n) is 20.9. The summed E-state index contributed by atoms with van der Waals surface area (Å²) < 4.78 is 57.9. The van der Waals surface area contributed by atoms with E-state index in [-0.39, 0.29) is 9.79 Å². The molecule has 192 valence electrons. The highest BCUT2D eigenvalue weighted by Gasteiger charge is 2.40. The molecule has 38 heavy (non-hydrogen) atoms. The number of anilines is 1. The standard InChI is InChI=1S/C30H26N2O4S2/c1-21-10-14-24(15-11-21)37(33,34)31-19-18-27-26(7-5-9-29(27)31)30-20-23-6-3-4-8-28(23)32(30)38(35,36)25-16-12-22(2)13-17-25/h3-19,30H,20H2,1-2H3. The van der Waals surface area contributed by atoms with Gasteiger partial charge >= 0.3 is 0 Å². The largest absolute Gasteiger partial charge is 0.268 e. The van der Waals surface area contributed by atoms with Gasteiger partial charge in [-0.25, -0.2) is 20.8 Å². The van der Waals surface area contributed by atoms with Gasteiger partial charge in [0.15, 0.2) is 0 Å². The number of rotatable bonds is 5. The molecule has 5 aromatic rings. The van der Waals surface area contributed by atoms with Gasteiger partial charge in [-0.05, 0) is 67.4 Å². The van der Waals surface area contributed by atoms with Crippen LogP contribution in [0.15, 0.2) is 113 Å². The molecule has 6 rings (SSSR count). The number of sulfonamides is 1. The Hall–Kier alpha value is -3.88. The van der Waals surface area contributed by atoms with Gasteiger partial charge in [0.2, 0.25) is 0 Å². The summed E-state index contributed by atoms with van der Waals surface area (Å²) in [7, 11) is -7.73. The second-order valence-electron chi connectivity index (χ2n) is 9.67. The molecule has 1 unspecified atom stereocenters. The van der Waals surface area contributed by atoms with E-state index in [9.17, 15) is 16.8 Å². The molecule has 0 saturated heterocycles. The van der Waals surface area contributed by atoms with Gasteiger partial charge in [0.25, 0.3) is 20.0 Å². The Bertz CT molecular complexity index is 1890. The zero-order chi connectivity index (χ0) is 26.7. The fourth-order valence-corrected chi connectivity index (χ4v) is 8.22. The molecule has 0 amide bonds. The molecular formula is C30H26N2O4S2. The molecule has 6 nitrogen and oxygen atoms in total. The molecular weight excluding hydrogens is 516 g/mol. The second-order valence-corrected chi connectivity index (χ2v) is 13.3. The van der Waals surface area contributed by atoms with Crippen molar-refractivity contribution in [1.82, 2.24) is 3.97 Å². The van der Waals surface area contributed by atoms with Crippen molar-refractivity contribution >= 4 is 36.6 Å². The predicted molar refractivity (Wildman–Crippen MR) is 149 cm³/mol. The Kier molecular flexibility index (Phi) is 5.70. The molecule has 0 saturated carbocycles. The minimum absolute atomic E-state index is 0.197. The van der Waals surface area contributed by atoms with Crippen LogP contribution in [0.1, 0.15) is 28.3 Å². The number of fused-ring (bicyclic) bond motifs is 2. The van der Waals surface area contributed by atoms with Gasteiger partial charge in [0.05, 0.1) is 27.0 Å². The number of aromatic nitrogens is 1. The van der Waals surface area contributed by atoms with Crippen molar-refractivity contribution in [2.45, 2.75) is 36.1 Å². The first-order valence-electron chi connectivity index (χ1n) is 12.3. The molecule has 1 aliphatic heterocycles. The van der Waals surface area contributed by atoms with E-state index in [4.69, 9.17) is 0 Å². The highest BCUT2D eigenvalue weighted by molar-refractivity contribution is 7.93. The van der Waals surface area contributed by atoms with Crippen molar-refractivity contribution in [1.29, 1.82) is 0 Å². The first kappa shape index (κ1) is 24.5. The van der Waals surface area contributed by atoms with Crippen LogP contribution >= 0.6 is 0 Å². The summed E-state index contributed by atoms with van der Waals surface area (Å²) in [6.45, 7) is 3.82. The smallest absolute Gasteiger partial charge is 0.258 e. The van der Waals surface area contributed by atoms with Crippen LogP contribution in [-0.4, -0.2) is 20.8 Å². The number of nitrogens with zero attached hydrogens (tertiary/aromatic N) is 2. The summed E-state index contributed by atoms with van der Waals surface area (Å²) in [4.78, 5) is 0.416. The average Bonchev–Trinajstić information content (AvgIpc) is 3.52. The highest BCUT2D eigenvalue weighted by Crippen LogP contribution is 2.45. The van der Waals surface area contributed by atoms with E-state index in [2.05, 4.69) is 0 Å². The van der Waals surface area contributed by atoms with Gasteiger partial charge in [-0.15, -0.1) is 0 Å². The SMILES string of the molecule is Cc1ccc(S(=O)(=O)N2c3ccccc3CC2c2cccc3c2ccn3S(=O)(=O)c2ccc(C)cc2)cc1. The maximum atomic E-state index is 14.0. The molecule has 2 heterocycles. The second kappa shape index (κ2) is 8.85. The topological polar surface area (TPSA) is 76.5 Å². The van der Waals surface area contributed by atoms with Gasteiger partial charge < -0.3 is 0 Å². The predicted octanol–water partition coefficient (Wildman–Crippen LogP) is 5.99. The van der Waals surface area contributed by atoms with Gasteiger partial charge in [-0.3, -0.25) is 4.31 Å². The Morgan fingerprint density at radius 1 is 0.658 bits per heavy atom. The highest BCUT2D eigenvalue weighted by atomic mass is 32.2. The fourth-order valence-electron chi connectivity index (χ4n) is 5.21. The molecule has 0 bridgehead atoms. The summed E-state index contributed by atoms with van der Waals surface area (Å²) in [5, 5.41) is 0.699. The first-order valence-corrected chi connectivity index (χ1v) is 15.2. The summed E-state index contributed by atoms with van der Waals surface area (Å²) in [5.41, 5.74) is 4.78. The minimum Gasteiger partial charge on any atom is -0.258 e. The Labute approximate surface area is 222 Å². The van der Waals surface area contributed by atoms with Gasteiger partial charge in [0.1, 0.15) is 0 Å². The molecule has 0 fully saturated rings. The van der Waals surface area contributed by atoms with Crippen LogP contribution in [0.4, 0.5) is 5.69 Å². The van der Waals surface area contributed by atoms with Crippen LogP contribution < -0.4 is 4.31 Å². The lowest BCUT2D eigenvalue weighted by atomic mass is 9.99. The van der Waals surface area contributed by atoms with Gasteiger partial charge in [0, 0.05) is 18.0 Å². The molecule has 8 heteroatoms. The van der Waals surface area contributed by atoms with E-state index < -0.39 is 26.1 Å². The van der Waals surface area contributed by atoms with E-state index in [0.29, 0.717) is 23.0 Å². The Morgan fingerprint density at radius 3 is 1.92 bits per heavy atom. The van der Waals surface area contributed by atoms with E-state index in [1.807, 2.05) is 44.2 Å². The van der Waals surface area contributed by atoms with Crippen molar-refractivity contribution < 1.29 is 16.8 Å². The normalized spacial score (nSPS) is 15.6. The lowest BCUT2D eigenvalue weighted by Gasteiger charge is -2.28. The first-order chi connectivity index (χ1) is 18.2. The molecule has 0 radical (unpaired) electrons. The van der Waals surface area contributed by atoms with Crippen LogP contribution in [0.3, 0.4) is 0 Å². The van der Waals surface area contributed by atoms with Gasteiger partial charge in [-0.2, -0.15) is 0 Å². The Morgan fingerprint density at radius 2 is 1.26 bits per heavy atom. The number of hydrogen-bond donors (Lipinski definition) is 0. The van der Waals surface area contributed by atoms with Crippen molar-refractivity contribution in [3.63, 3.8) is 0 Å². The van der Waals surface area contributed by atoms with Crippen LogP contribution in [0.5, 0.6) is 0 Å². The van der Waals surface area contributed by atoms with E-state index in [1.165, 1.54) is 8.28 Å². The number of benzene rings is 4. The monoisotopic (exact) mass is 542 g/mol. The Balaban J connectivity index is 1.51. The third-order valence-electron chi connectivity index (χ3n) is 7.17. The quantitative estimate of drug-likeness (QED) is 0.273. The van der Waals surface area contributed by atoms with Crippen LogP contribution in [0.2, 0.25) is 0 Å². The van der Waals surface area contributed by atoms with Crippen molar-refractivity contribution in [3.8, 4) is 0 Å². The summed E-state index contributed by atoms with van der Waals surface area (Å²) in [6.07, 6.45) is 2.03. The number of aryl methyl sites for hydroxylation is 2. The molecule has 1 aromatic heterocycles. The average molecular weight is 543 g/mol. The fraction of sp³-hybridized carbons (Fsp3) is 0.133. The molecule has 1 aliphatic rings. The van der Waals surface area contributed by atoms with Gasteiger partial charge in [-0.1, -0.05) is 65.7 Å². The van der Waals surface area contributed by atoms with Crippen molar-refractivity contribution in [3.05, 3.63) is 126 Å². The molecule has 0 spiro atoms. The molecule has 0 aliphatic carbocycles. The minimum atomic E-state index is -3.90. The van der Waals surface area contributed by atoms with E-state index in [1.54, 1.807) is 72.9 Å². The summed E-state index contributed by atoms with van der Waals surface area (Å²) >= 11 is 0. The summed E-state index contributed by atoms with van der Waals surface area (Å²) in [5.74, 6) is 0. The number of hydrogen-bond acceptors (Lipinski definition) is 4. The van der Waals surface area contributed by atoms with E-state index in [0.717, 1.165) is 22.3 Å². The maximum Gasteiger partial charge on any atom is 0.268 e. The van der Waals surface area contributed by atoms with Crippen LogP contribution in [-0.2, 0) is 26.5 Å². The third kappa shape index (κ3) is 3.83. The molecule has 4 aromatic carbocycles. The van der Waals surface area contributed by atoms with Crippen molar-refractivity contribution in [2.75, 3.05) is 4.31 Å². The van der Waals surface area contributed by atoms with E-state index >= 15 is 0 Å². The van der Waals surface area contributed by atoms with Crippen molar-refractivity contribution in [2.24, 2.45) is 0 Å². The number of para-hydroxylation sites is 1. The summed E-state index contributed by atoms with van der Waals surface area (Å²) in [6, 6.07) is 27.8. The van der Waals surface area contributed by atoms with Crippen LogP contribution in [0.25, 0.3) is 10.9 Å².